The van der Waals surface area contributed by atoms with E-state index >= 15 is 0 Å². The zero-order valence-electron chi connectivity index (χ0n) is 19.4. The van der Waals surface area contributed by atoms with Gasteiger partial charge in [0.2, 0.25) is 0 Å². The fourth-order valence-corrected chi connectivity index (χ4v) is 4.44. The molecule has 11 heteroatoms. The van der Waals surface area contributed by atoms with E-state index < -0.39 is 29.2 Å². The Morgan fingerprint density at radius 1 is 1.08 bits per heavy atom. The topological polar surface area (TPSA) is 90.3 Å². The zero-order chi connectivity index (χ0) is 26.2. The smallest absolute Gasteiger partial charge is 0.416 e. The number of nitrogens with zero attached hydrogens (tertiary/aromatic N) is 2. The molecule has 7 nitrogen and oxygen atoms in total. The molecule has 2 heterocycles. The lowest BCUT2D eigenvalue weighted by atomic mass is 10.1. The van der Waals surface area contributed by atoms with E-state index in [0.29, 0.717) is 5.69 Å². The molecule has 0 aliphatic rings. The summed E-state index contributed by atoms with van der Waals surface area (Å²) in [5, 5.41) is 8.71. The van der Waals surface area contributed by atoms with E-state index in [9.17, 15) is 27.6 Å². The molecule has 0 aliphatic heterocycles. The largest absolute Gasteiger partial charge is 0.461 e. The van der Waals surface area contributed by atoms with Crippen LogP contribution in [0.15, 0.2) is 52.6 Å². The highest BCUT2D eigenvalue weighted by Gasteiger charge is 2.30. The summed E-state index contributed by atoms with van der Waals surface area (Å²) < 4.78 is 44.7. The first kappa shape index (κ1) is 25.1. The Balaban J connectivity index is 1.82. The van der Waals surface area contributed by atoms with Gasteiger partial charge < -0.3 is 10.1 Å². The van der Waals surface area contributed by atoms with Crippen LogP contribution in [0.25, 0.3) is 16.5 Å². The standard InChI is InChI=1S/C25H20F3N3O4S/c1-4-35-24(34)20-18-12-36-22(29-21(32)15-6-8-16(9-7-15)25(26,27)28)19(18)23(33)31(30-20)17-10-5-13(2)14(3)11-17/h5-12H,4H2,1-3H3,(H,29,32). The number of rotatable bonds is 5. The van der Waals surface area contributed by atoms with Crippen molar-refractivity contribution in [3.8, 4) is 5.69 Å². The van der Waals surface area contributed by atoms with Crippen molar-refractivity contribution in [1.29, 1.82) is 0 Å². The molecule has 0 aliphatic carbocycles. The third-order valence-electron chi connectivity index (χ3n) is 5.56. The van der Waals surface area contributed by atoms with Crippen molar-refractivity contribution in [2.45, 2.75) is 26.9 Å². The number of carbonyl (C=O) groups excluding carboxylic acids is 2. The zero-order valence-corrected chi connectivity index (χ0v) is 20.2. The van der Waals surface area contributed by atoms with E-state index in [2.05, 4.69) is 10.4 Å². The van der Waals surface area contributed by atoms with Crippen molar-refractivity contribution in [2.24, 2.45) is 0 Å². The molecule has 0 bridgehead atoms. The van der Waals surface area contributed by atoms with E-state index in [4.69, 9.17) is 4.74 Å². The van der Waals surface area contributed by atoms with Crippen LogP contribution >= 0.6 is 11.3 Å². The highest BCUT2D eigenvalue weighted by Crippen LogP contribution is 2.32. The van der Waals surface area contributed by atoms with Crippen molar-refractivity contribution in [3.05, 3.63) is 86.1 Å². The van der Waals surface area contributed by atoms with Crippen LogP contribution in [0.5, 0.6) is 0 Å². The molecule has 0 radical (unpaired) electrons. The van der Waals surface area contributed by atoms with Crippen LogP contribution in [0.3, 0.4) is 0 Å². The number of carbonyl (C=O) groups is 2. The Labute approximate surface area is 207 Å². The van der Waals surface area contributed by atoms with Crippen LogP contribution in [0.4, 0.5) is 18.2 Å². The van der Waals surface area contributed by atoms with Gasteiger partial charge in [-0.2, -0.15) is 23.0 Å². The van der Waals surface area contributed by atoms with Gasteiger partial charge in [-0.15, -0.1) is 11.3 Å². The maximum absolute atomic E-state index is 13.5. The van der Waals surface area contributed by atoms with Crippen molar-refractivity contribution in [2.75, 3.05) is 11.9 Å². The predicted molar refractivity (Wildman–Crippen MR) is 130 cm³/mol. The van der Waals surface area contributed by atoms with Crippen LogP contribution in [-0.2, 0) is 10.9 Å². The second kappa shape index (κ2) is 9.57. The number of halogens is 3. The molecule has 0 atom stereocenters. The van der Waals surface area contributed by atoms with E-state index in [1.54, 1.807) is 19.1 Å². The summed E-state index contributed by atoms with van der Waals surface area (Å²) >= 11 is 0.994. The van der Waals surface area contributed by atoms with Crippen LogP contribution in [-0.4, -0.2) is 28.3 Å². The Hall–Kier alpha value is -3.99. The number of hydrogen-bond donors (Lipinski definition) is 1. The first-order valence-electron chi connectivity index (χ1n) is 10.8. The highest BCUT2D eigenvalue weighted by molar-refractivity contribution is 7.16. The minimum atomic E-state index is -4.53. The summed E-state index contributed by atoms with van der Waals surface area (Å²) in [7, 11) is 0. The normalized spacial score (nSPS) is 11.5. The molecular weight excluding hydrogens is 495 g/mol. The summed E-state index contributed by atoms with van der Waals surface area (Å²) in [6.45, 7) is 5.51. The summed E-state index contributed by atoms with van der Waals surface area (Å²) in [6, 6.07) is 8.95. The number of anilines is 1. The summed E-state index contributed by atoms with van der Waals surface area (Å²) in [4.78, 5) is 38.9. The van der Waals surface area contributed by atoms with Crippen LogP contribution in [0.2, 0.25) is 0 Å². The van der Waals surface area contributed by atoms with Gasteiger partial charge in [-0.25, -0.2) is 4.79 Å². The molecule has 2 aromatic carbocycles. The quantitative estimate of drug-likeness (QED) is 0.354. The van der Waals surface area contributed by atoms with Gasteiger partial charge in [0.15, 0.2) is 5.69 Å². The van der Waals surface area contributed by atoms with Crippen LogP contribution in [0.1, 0.15) is 44.5 Å². The van der Waals surface area contributed by atoms with E-state index in [-0.39, 0.29) is 33.6 Å². The molecule has 0 saturated heterocycles. The van der Waals surface area contributed by atoms with Gasteiger partial charge >= 0.3 is 12.1 Å². The minimum Gasteiger partial charge on any atom is -0.461 e. The van der Waals surface area contributed by atoms with Gasteiger partial charge in [0.05, 0.1) is 23.2 Å². The number of amides is 1. The maximum Gasteiger partial charge on any atom is 0.416 e. The Morgan fingerprint density at radius 2 is 1.78 bits per heavy atom. The lowest BCUT2D eigenvalue weighted by molar-refractivity contribution is -0.137. The SMILES string of the molecule is CCOC(=O)c1nn(-c2ccc(C)c(C)c2)c(=O)c2c(NC(=O)c3ccc(C(F)(F)F)cc3)scc12. The predicted octanol–water partition coefficient (Wildman–Crippen LogP) is 5.51. The van der Waals surface area contributed by atoms with E-state index in [0.717, 1.165) is 51.4 Å². The number of thiophene rings is 1. The monoisotopic (exact) mass is 515 g/mol. The Kier molecular flexibility index (Phi) is 6.68. The van der Waals surface area contributed by atoms with Crippen LogP contribution < -0.4 is 10.9 Å². The van der Waals surface area contributed by atoms with Crippen molar-refractivity contribution < 1.29 is 27.5 Å². The van der Waals surface area contributed by atoms with Gasteiger partial charge in [0, 0.05) is 16.3 Å². The number of ether oxygens (including phenoxy) is 1. The van der Waals surface area contributed by atoms with E-state index in [1.807, 2.05) is 19.9 Å². The molecule has 4 rings (SSSR count). The number of nitrogens with one attached hydrogen (secondary N) is 1. The summed E-state index contributed by atoms with van der Waals surface area (Å²) in [5.74, 6) is -1.45. The molecule has 0 spiro atoms. The minimum absolute atomic E-state index is 0.0290. The molecule has 0 unspecified atom stereocenters. The molecule has 1 N–H and O–H groups in total. The molecule has 4 aromatic rings. The fourth-order valence-electron chi connectivity index (χ4n) is 3.51. The average molecular weight is 516 g/mol. The van der Waals surface area contributed by atoms with Crippen molar-refractivity contribution >= 4 is 39.0 Å². The van der Waals surface area contributed by atoms with Gasteiger partial charge in [0.1, 0.15) is 5.00 Å². The number of fused-ring (bicyclic) bond motifs is 1. The molecule has 2 aromatic heterocycles. The maximum atomic E-state index is 13.5. The lowest BCUT2D eigenvalue weighted by Gasteiger charge is -2.11. The van der Waals surface area contributed by atoms with Crippen molar-refractivity contribution in [3.63, 3.8) is 0 Å². The summed E-state index contributed by atoms with van der Waals surface area (Å²) in [5.41, 5.74) is 0.724. The molecule has 186 valence electrons. The molecule has 0 fully saturated rings. The first-order valence-corrected chi connectivity index (χ1v) is 11.7. The average Bonchev–Trinajstić information content (AvgIpc) is 3.25. The third kappa shape index (κ3) is 4.74. The first-order chi connectivity index (χ1) is 17.0. The number of aryl methyl sites for hydroxylation is 2. The number of benzene rings is 2. The third-order valence-corrected chi connectivity index (χ3v) is 6.45. The van der Waals surface area contributed by atoms with Gasteiger partial charge in [-0.1, -0.05) is 6.07 Å². The second-order valence-electron chi connectivity index (χ2n) is 7.94. The summed E-state index contributed by atoms with van der Waals surface area (Å²) in [6.07, 6.45) is -4.53. The van der Waals surface area contributed by atoms with Gasteiger partial charge in [0.25, 0.3) is 11.5 Å². The number of alkyl halides is 3. The Morgan fingerprint density at radius 3 is 2.39 bits per heavy atom. The molecule has 0 saturated carbocycles. The van der Waals surface area contributed by atoms with E-state index in [1.165, 1.54) is 5.38 Å². The second-order valence-corrected chi connectivity index (χ2v) is 8.82. The number of esters is 1. The van der Waals surface area contributed by atoms with Crippen molar-refractivity contribution in [1.82, 2.24) is 9.78 Å². The van der Waals surface area contributed by atoms with Gasteiger partial charge in [-0.05, 0) is 68.3 Å². The highest BCUT2D eigenvalue weighted by atomic mass is 32.1. The van der Waals surface area contributed by atoms with Gasteiger partial charge in [-0.3, -0.25) is 9.59 Å². The van der Waals surface area contributed by atoms with Crippen LogP contribution in [0, 0.1) is 13.8 Å². The fraction of sp³-hybridized carbons (Fsp3) is 0.200. The number of hydrogen-bond acceptors (Lipinski definition) is 6. The molecule has 36 heavy (non-hydrogen) atoms. The number of aromatic nitrogens is 2. The lowest BCUT2D eigenvalue weighted by Crippen LogP contribution is -2.25. The molecule has 1 amide bonds. The Bertz CT molecular complexity index is 1540. The molecular formula is C25H20F3N3O4S.